The lowest BCUT2D eigenvalue weighted by Gasteiger charge is -2.25. The van der Waals surface area contributed by atoms with E-state index < -0.39 is 0 Å². The Morgan fingerprint density at radius 2 is 1.48 bits per heavy atom. The summed E-state index contributed by atoms with van der Waals surface area (Å²) in [6.07, 6.45) is 13.7. The molecule has 0 radical (unpaired) electrons. The molecule has 2 nitrogen and oxygen atoms in total. The number of hydrogen-bond donors (Lipinski definition) is 0. The summed E-state index contributed by atoms with van der Waals surface area (Å²) >= 11 is 0. The minimum atomic E-state index is 0.696. The summed E-state index contributed by atoms with van der Waals surface area (Å²) in [4.78, 5) is 0. The first-order valence-corrected chi connectivity index (χ1v) is 12.6. The van der Waals surface area contributed by atoms with Crippen LogP contribution >= 0.6 is 8.58 Å². The van der Waals surface area contributed by atoms with Gasteiger partial charge in [-0.25, -0.2) is 0 Å². The largest absolute Gasteiger partial charge is 0.496 e. The van der Waals surface area contributed by atoms with Crippen LogP contribution < -0.4 is 14.8 Å². The van der Waals surface area contributed by atoms with Gasteiger partial charge in [0.2, 0.25) is 0 Å². The zero-order valence-electron chi connectivity index (χ0n) is 17.8. The molecule has 2 saturated carbocycles. The van der Waals surface area contributed by atoms with Gasteiger partial charge in [-0.2, -0.15) is 0 Å². The van der Waals surface area contributed by atoms with Gasteiger partial charge in [0.1, 0.15) is 11.5 Å². The maximum Gasteiger partial charge on any atom is 0.130 e. The van der Waals surface area contributed by atoms with Crippen molar-refractivity contribution in [3.05, 3.63) is 42.5 Å². The van der Waals surface area contributed by atoms with Gasteiger partial charge in [0, 0.05) is 0 Å². The number of ether oxygens (including phenoxy) is 2. The molecule has 1 unspecified atom stereocenters. The molecule has 29 heavy (non-hydrogen) atoms. The molecule has 2 aromatic rings. The maximum atomic E-state index is 6.44. The molecule has 0 heterocycles. The van der Waals surface area contributed by atoms with Gasteiger partial charge in [0.25, 0.3) is 0 Å². The molecule has 2 fully saturated rings. The van der Waals surface area contributed by atoms with E-state index in [-0.39, 0.29) is 0 Å². The van der Waals surface area contributed by atoms with Crippen molar-refractivity contribution in [3.63, 3.8) is 0 Å². The molecule has 156 valence electrons. The topological polar surface area (TPSA) is 18.5 Å². The zero-order valence-corrected chi connectivity index (χ0v) is 18.8. The van der Waals surface area contributed by atoms with E-state index in [1.54, 1.807) is 7.11 Å². The average Bonchev–Trinajstić information content (AvgIpc) is 2.79. The van der Waals surface area contributed by atoms with Crippen molar-refractivity contribution >= 4 is 13.9 Å². The molecular formula is C26H35O2P. The Morgan fingerprint density at radius 3 is 2.24 bits per heavy atom. The summed E-state index contributed by atoms with van der Waals surface area (Å²) in [5.41, 5.74) is 3.28. The first-order valence-electron chi connectivity index (χ1n) is 11.5. The second kappa shape index (κ2) is 10.5. The number of hydrogen-bond acceptors (Lipinski definition) is 2. The number of methoxy groups -OCH3 is 1. The van der Waals surface area contributed by atoms with E-state index in [0.29, 0.717) is 5.92 Å². The Kier molecular flexibility index (Phi) is 7.49. The van der Waals surface area contributed by atoms with Gasteiger partial charge >= 0.3 is 0 Å². The predicted octanol–water partition coefficient (Wildman–Crippen LogP) is 6.96. The summed E-state index contributed by atoms with van der Waals surface area (Å²) in [7, 11) is 2.64. The lowest BCUT2D eigenvalue weighted by Crippen LogP contribution is -2.16. The fraction of sp³-hybridized carbons (Fsp3) is 0.538. The Bertz CT molecular complexity index is 776. The third-order valence-electron chi connectivity index (χ3n) is 6.57. The van der Waals surface area contributed by atoms with E-state index in [1.165, 1.54) is 75.1 Å². The van der Waals surface area contributed by atoms with E-state index in [9.17, 15) is 0 Å². The van der Waals surface area contributed by atoms with E-state index in [0.717, 1.165) is 37.9 Å². The van der Waals surface area contributed by atoms with Crippen molar-refractivity contribution in [1.29, 1.82) is 0 Å². The van der Waals surface area contributed by atoms with Gasteiger partial charge in [-0.05, 0) is 60.3 Å². The highest BCUT2D eigenvalue weighted by molar-refractivity contribution is 7.48. The standard InChI is InChI=1S/C26H35O2P/c1-27-23-16-10-17-24(28-19-20-11-4-2-5-12-20)26(23)22-15-8-9-18-25(22)29-21-13-6-3-7-14-21/h8-10,15-18,20-21,29H,2-7,11-14,19H2,1H3. The molecule has 0 aromatic heterocycles. The Hall–Kier alpha value is -1.53. The van der Waals surface area contributed by atoms with E-state index in [4.69, 9.17) is 9.47 Å². The molecule has 0 saturated heterocycles. The quantitative estimate of drug-likeness (QED) is 0.460. The Balaban J connectivity index is 1.61. The second-order valence-electron chi connectivity index (χ2n) is 8.67. The normalized spacial score (nSPS) is 18.9. The SMILES string of the molecule is COc1cccc(OCC2CCCCC2)c1-c1ccccc1PC1CCCCC1. The molecule has 1 atom stereocenters. The molecule has 0 spiro atoms. The monoisotopic (exact) mass is 410 g/mol. The van der Waals surface area contributed by atoms with Crippen molar-refractivity contribution < 1.29 is 9.47 Å². The maximum absolute atomic E-state index is 6.44. The predicted molar refractivity (Wildman–Crippen MR) is 125 cm³/mol. The minimum absolute atomic E-state index is 0.696. The number of rotatable bonds is 7. The molecule has 2 aliphatic rings. The van der Waals surface area contributed by atoms with Crippen LogP contribution in [0.15, 0.2) is 42.5 Å². The average molecular weight is 411 g/mol. The van der Waals surface area contributed by atoms with Crippen LogP contribution in [-0.4, -0.2) is 19.4 Å². The molecule has 4 rings (SSSR count). The molecule has 2 aromatic carbocycles. The molecule has 0 aliphatic heterocycles. The van der Waals surface area contributed by atoms with Crippen LogP contribution in [0.3, 0.4) is 0 Å². The van der Waals surface area contributed by atoms with Crippen LogP contribution in [0.2, 0.25) is 0 Å². The highest BCUT2D eigenvalue weighted by atomic mass is 31.1. The fourth-order valence-electron chi connectivity index (χ4n) is 4.92. The van der Waals surface area contributed by atoms with E-state index in [1.807, 2.05) is 0 Å². The smallest absolute Gasteiger partial charge is 0.130 e. The van der Waals surface area contributed by atoms with Gasteiger partial charge in [-0.3, -0.25) is 0 Å². The Labute approximate surface area is 178 Å². The first kappa shape index (κ1) is 20.7. The van der Waals surface area contributed by atoms with Gasteiger partial charge in [0.15, 0.2) is 0 Å². The summed E-state index contributed by atoms with van der Waals surface area (Å²) in [6, 6.07) is 15.2. The zero-order chi connectivity index (χ0) is 19.9. The highest BCUT2D eigenvalue weighted by Crippen LogP contribution is 2.42. The van der Waals surface area contributed by atoms with Gasteiger partial charge < -0.3 is 9.47 Å². The summed E-state index contributed by atoms with van der Waals surface area (Å²) in [6.45, 7) is 0.827. The van der Waals surface area contributed by atoms with Crippen molar-refractivity contribution in [2.75, 3.05) is 13.7 Å². The molecule has 0 bridgehead atoms. The third kappa shape index (κ3) is 5.34. The fourth-order valence-corrected chi connectivity index (χ4v) is 6.62. The number of benzene rings is 2. The molecular weight excluding hydrogens is 375 g/mol. The van der Waals surface area contributed by atoms with Gasteiger partial charge in [0.05, 0.1) is 19.3 Å². The van der Waals surface area contributed by atoms with Gasteiger partial charge in [-0.1, -0.05) is 77.4 Å². The summed E-state index contributed by atoms with van der Waals surface area (Å²) in [5.74, 6) is 2.60. The molecule has 3 heteroatoms. The lowest BCUT2D eigenvalue weighted by molar-refractivity contribution is 0.209. The first-order chi connectivity index (χ1) is 14.3. The van der Waals surface area contributed by atoms with Crippen LogP contribution in [0.4, 0.5) is 0 Å². The molecule has 0 amide bonds. The lowest BCUT2D eigenvalue weighted by atomic mass is 9.90. The van der Waals surface area contributed by atoms with E-state index >= 15 is 0 Å². The highest BCUT2D eigenvalue weighted by Gasteiger charge is 2.21. The van der Waals surface area contributed by atoms with Crippen molar-refractivity contribution in [3.8, 4) is 22.6 Å². The third-order valence-corrected chi connectivity index (χ3v) is 8.30. The van der Waals surface area contributed by atoms with Crippen LogP contribution in [0.5, 0.6) is 11.5 Å². The van der Waals surface area contributed by atoms with Crippen molar-refractivity contribution in [2.45, 2.75) is 69.9 Å². The van der Waals surface area contributed by atoms with Gasteiger partial charge in [-0.15, -0.1) is 0 Å². The van der Waals surface area contributed by atoms with Crippen LogP contribution in [-0.2, 0) is 0 Å². The Morgan fingerprint density at radius 1 is 0.793 bits per heavy atom. The summed E-state index contributed by atoms with van der Waals surface area (Å²) in [5, 5.41) is 1.46. The van der Waals surface area contributed by atoms with Crippen LogP contribution in [0.1, 0.15) is 64.2 Å². The molecule has 0 N–H and O–H groups in total. The summed E-state index contributed by atoms with van der Waals surface area (Å²) < 4.78 is 12.2. The van der Waals surface area contributed by atoms with Crippen LogP contribution in [0.25, 0.3) is 11.1 Å². The van der Waals surface area contributed by atoms with E-state index in [2.05, 4.69) is 42.5 Å². The van der Waals surface area contributed by atoms with Crippen LogP contribution in [0, 0.1) is 5.92 Å². The second-order valence-corrected chi connectivity index (χ2v) is 10.3. The van der Waals surface area contributed by atoms with Crippen molar-refractivity contribution in [2.24, 2.45) is 5.92 Å². The minimum Gasteiger partial charge on any atom is -0.496 e. The molecule has 2 aliphatic carbocycles. The van der Waals surface area contributed by atoms with Crippen molar-refractivity contribution in [1.82, 2.24) is 0 Å².